The molecule has 0 atom stereocenters. The van der Waals surface area contributed by atoms with E-state index in [-0.39, 0.29) is 31.4 Å². The number of carbonyl (C=O) groups is 1. The molecule has 1 aliphatic rings. The van der Waals surface area contributed by atoms with Crippen molar-refractivity contribution in [2.75, 3.05) is 6.61 Å². The maximum atomic E-state index is 14.0. The highest BCUT2D eigenvalue weighted by Gasteiger charge is 2.24. The molecule has 0 unspecified atom stereocenters. The molecule has 2 aromatic carbocycles. The molecule has 1 amide bonds. The van der Waals surface area contributed by atoms with Crippen molar-refractivity contribution in [2.45, 2.75) is 13.1 Å². The molecule has 0 radical (unpaired) electrons. The van der Waals surface area contributed by atoms with E-state index in [1.807, 2.05) is 42.5 Å². The van der Waals surface area contributed by atoms with Crippen LogP contribution < -0.4 is 4.74 Å². The minimum absolute atomic E-state index is 0.0756. The van der Waals surface area contributed by atoms with Gasteiger partial charge in [-0.05, 0) is 18.2 Å². The fourth-order valence-corrected chi connectivity index (χ4v) is 2.98. The zero-order valence-corrected chi connectivity index (χ0v) is 14.1. The normalized spacial score (nSPS) is 13.7. The molecule has 0 saturated carbocycles. The maximum absolute atomic E-state index is 14.0. The van der Waals surface area contributed by atoms with Gasteiger partial charge < -0.3 is 9.64 Å². The number of hydrogen-bond donors (Lipinski definition) is 0. The van der Waals surface area contributed by atoms with E-state index in [1.54, 1.807) is 23.1 Å². The van der Waals surface area contributed by atoms with Crippen LogP contribution in [0.4, 0.5) is 4.39 Å². The van der Waals surface area contributed by atoms with Gasteiger partial charge in [-0.15, -0.1) is 0 Å². The van der Waals surface area contributed by atoms with Crippen molar-refractivity contribution in [3.05, 3.63) is 83.8 Å². The lowest BCUT2D eigenvalue weighted by Crippen LogP contribution is -2.32. The molecule has 0 saturated heterocycles. The second-order valence-electron chi connectivity index (χ2n) is 6.14. The third kappa shape index (κ3) is 3.28. The number of hydrogen-bond acceptors (Lipinski definition) is 3. The first-order valence-corrected chi connectivity index (χ1v) is 8.40. The Balaban J connectivity index is 1.65. The average molecular weight is 348 g/mol. The first kappa shape index (κ1) is 16.3. The van der Waals surface area contributed by atoms with Crippen LogP contribution in [0.1, 0.15) is 11.3 Å². The van der Waals surface area contributed by atoms with E-state index >= 15 is 0 Å². The quantitative estimate of drug-likeness (QED) is 0.723. The molecule has 0 bridgehead atoms. The third-order valence-electron chi connectivity index (χ3n) is 4.37. The number of ether oxygens (including phenoxy) is 1. The Morgan fingerprint density at radius 3 is 2.58 bits per heavy atom. The Kier molecular flexibility index (Phi) is 4.35. The number of fused-ring (bicyclic) bond motifs is 1. The Hall–Kier alpha value is -3.21. The standard InChI is InChI=1S/C21H17FN2O2/c22-17-9-5-4-8-16(17)12-24-13-19-20(26-14-21(24)25)11-10-18(23-19)15-6-2-1-3-7-15/h1-11H,12-14H2. The van der Waals surface area contributed by atoms with E-state index in [1.165, 1.54) is 6.07 Å². The molecule has 26 heavy (non-hydrogen) atoms. The molecule has 4 rings (SSSR count). The zero-order valence-electron chi connectivity index (χ0n) is 14.1. The van der Waals surface area contributed by atoms with Crippen molar-refractivity contribution in [2.24, 2.45) is 0 Å². The van der Waals surface area contributed by atoms with Gasteiger partial charge in [-0.25, -0.2) is 9.37 Å². The highest BCUT2D eigenvalue weighted by Crippen LogP contribution is 2.27. The summed E-state index contributed by atoms with van der Waals surface area (Å²) < 4.78 is 19.6. The Labute approximate surface area is 150 Å². The zero-order chi connectivity index (χ0) is 17.9. The number of carbonyl (C=O) groups excluding carboxylic acids is 1. The van der Waals surface area contributed by atoms with Gasteiger partial charge in [-0.1, -0.05) is 48.5 Å². The van der Waals surface area contributed by atoms with Gasteiger partial charge in [-0.2, -0.15) is 0 Å². The average Bonchev–Trinajstić information content (AvgIpc) is 2.83. The van der Waals surface area contributed by atoms with Crippen molar-refractivity contribution < 1.29 is 13.9 Å². The maximum Gasteiger partial charge on any atom is 0.261 e. The van der Waals surface area contributed by atoms with Gasteiger partial charge in [0.05, 0.1) is 12.2 Å². The molecule has 3 aromatic rings. The van der Waals surface area contributed by atoms with Crippen molar-refractivity contribution >= 4 is 5.91 Å². The summed E-state index contributed by atoms with van der Waals surface area (Å²) >= 11 is 0. The number of halogens is 1. The van der Waals surface area contributed by atoms with Crippen LogP contribution in [0.5, 0.6) is 5.75 Å². The fraction of sp³-hybridized carbons (Fsp3) is 0.143. The molecular formula is C21H17FN2O2. The minimum atomic E-state index is -0.323. The molecular weight excluding hydrogens is 331 g/mol. The second kappa shape index (κ2) is 6.96. The van der Waals surface area contributed by atoms with Crippen molar-refractivity contribution in [1.82, 2.24) is 9.88 Å². The molecule has 5 heteroatoms. The van der Waals surface area contributed by atoms with Crippen LogP contribution >= 0.6 is 0 Å². The molecule has 0 N–H and O–H groups in total. The van der Waals surface area contributed by atoms with E-state index in [0.29, 0.717) is 17.0 Å². The second-order valence-corrected chi connectivity index (χ2v) is 6.14. The molecule has 0 fully saturated rings. The topological polar surface area (TPSA) is 42.4 Å². The number of pyridine rings is 1. The Morgan fingerprint density at radius 2 is 1.77 bits per heavy atom. The first-order valence-electron chi connectivity index (χ1n) is 8.40. The highest BCUT2D eigenvalue weighted by molar-refractivity contribution is 5.78. The van der Waals surface area contributed by atoms with E-state index in [9.17, 15) is 9.18 Å². The third-order valence-corrected chi connectivity index (χ3v) is 4.37. The van der Waals surface area contributed by atoms with Crippen LogP contribution in [0.2, 0.25) is 0 Å². The van der Waals surface area contributed by atoms with E-state index < -0.39 is 0 Å². The van der Waals surface area contributed by atoms with Crippen LogP contribution in [0.15, 0.2) is 66.7 Å². The molecule has 0 spiro atoms. The first-order chi connectivity index (χ1) is 12.7. The monoisotopic (exact) mass is 348 g/mol. The lowest BCUT2D eigenvalue weighted by Gasteiger charge is -2.20. The summed E-state index contributed by atoms with van der Waals surface area (Å²) in [5, 5.41) is 0. The smallest absolute Gasteiger partial charge is 0.261 e. The van der Waals surface area contributed by atoms with Gasteiger partial charge in [0.25, 0.3) is 5.91 Å². The predicted molar refractivity (Wildman–Crippen MR) is 95.8 cm³/mol. The van der Waals surface area contributed by atoms with Gasteiger partial charge in [0.15, 0.2) is 6.61 Å². The van der Waals surface area contributed by atoms with E-state index in [4.69, 9.17) is 4.74 Å². The summed E-state index contributed by atoms with van der Waals surface area (Å²) in [6.07, 6.45) is 0. The summed E-state index contributed by atoms with van der Waals surface area (Å²) in [7, 11) is 0. The molecule has 1 aliphatic heterocycles. The van der Waals surface area contributed by atoms with E-state index in [2.05, 4.69) is 4.98 Å². The number of nitrogens with zero attached hydrogens (tertiary/aromatic N) is 2. The van der Waals surface area contributed by atoms with Crippen molar-refractivity contribution in [3.63, 3.8) is 0 Å². The van der Waals surface area contributed by atoms with Crippen LogP contribution in [0, 0.1) is 5.82 Å². The van der Waals surface area contributed by atoms with Gasteiger partial charge in [0, 0.05) is 17.7 Å². The summed E-state index contributed by atoms with van der Waals surface area (Å²) in [4.78, 5) is 18.7. The van der Waals surface area contributed by atoms with Gasteiger partial charge in [0.2, 0.25) is 0 Å². The molecule has 0 aliphatic carbocycles. The predicted octanol–water partition coefficient (Wildman–Crippen LogP) is 3.81. The molecule has 130 valence electrons. The van der Waals surface area contributed by atoms with Crippen LogP contribution in [0.25, 0.3) is 11.3 Å². The largest absolute Gasteiger partial charge is 0.482 e. The SMILES string of the molecule is O=C1COc2ccc(-c3ccccc3)nc2CN1Cc1ccccc1F. The summed E-state index contributed by atoms with van der Waals surface area (Å²) in [6, 6.07) is 20.0. The van der Waals surface area contributed by atoms with Crippen LogP contribution in [-0.2, 0) is 17.9 Å². The Morgan fingerprint density at radius 1 is 1.00 bits per heavy atom. The van der Waals surface area contributed by atoms with Crippen LogP contribution in [-0.4, -0.2) is 22.4 Å². The van der Waals surface area contributed by atoms with Gasteiger partial charge >= 0.3 is 0 Å². The molecule has 4 nitrogen and oxygen atoms in total. The summed E-state index contributed by atoms with van der Waals surface area (Å²) in [5.74, 6) is 0.0817. The van der Waals surface area contributed by atoms with Crippen molar-refractivity contribution in [1.29, 1.82) is 0 Å². The lowest BCUT2D eigenvalue weighted by molar-refractivity contribution is -0.133. The molecule has 1 aromatic heterocycles. The minimum Gasteiger partial charge on any atom is -0.482 e. The number of benzene rings is 2. The summed E-state index contributed by atoms with van der Waals surface area (Å²) in [5.41, 5.74) is 2.96. The number of aromatic nitrogens is 1. The lowest BCUT2D eigenvalue weighted by atomic mass is 10.1. The number of rotatable bonds is 3. The van der Waals surface area contributed by atoms with Crippen LogP contribution in [0.3, 0.4) is 0 Å². The molecule has 2 heterocycles. The number of amides is 1. The van der Waals surface area contributed by atoms with Gasteiger partial charge in [-0.3, -0.25) is 4.79 Å². The van der Waals surface area contributed by atoms with Crippen molar-refractivity contribution in [3.8, 4) is 17.0 Å². The summed E-state index contributed by atoms with van der Waals surface area (Å²) in [6.45, 7) is 0.391. The Bertz CT molecular complexity index is 944. The highest BCUT2D eigenvalue weighted by atomic mass is 19.1. The fourth-order valence-electron chi connectivity index (χ4n) is 2.98. The van der Waals surface area contributed by atoms with E-state index in [0.717, 1.165) is 11.3 Å². The van der Waals surface area contributed by atoms with Gasteiger partial charge in [0.1, 0.15) is 17.3 Å².